The molecule has 1 saturated carbocycles. The average Bonchev–Trinajstić information content (AvgIpc) is 2.92. The van der Waals surface area contributed by atoms with Crippen molar-refractivity contribution < 1.29 is 0 Å². The second-order valence-corrected chi connectivity index (χ2v) is 7.76. The molecule has 6 heteroatoms. The van der Waals surface area contributed by atoms with Crippen LogP contribution in [0.1, 0.15) is 57.2 Å². The first-order chi connectivity index (χ1) is 10.6. The van der Waals surface area contributed by atoms with Crippen molar-refractivity contribution >= 4 is 41.3 Å². The number of guanidine groups is 1. The highest BCUT2D eigenvalue weighted by molar-refractivity contribution is 14.0. The number of rotatable bonds is 7. The van der Waals surface area contributed by atoms with Crippen LogP contribution < -0.4 is 10.6 Å². The maximum atomic E-state index is 4.58. The summed E-state index contributed by atoms with van der Waals surface area (Å²) in [7, 11) is 1.84. The minimum atomic E-state index is 0. The number of nitrogens with zero attached hydrogens (tertiary/aromatic N) is 2. The Kier molecular flexibility index (Phi) is 8.82. The predicted molar refractivity (Wildman–Crippen MR) is 111 cm³/mol. The van der Waals surface area contributed by atoms with Crippen LogP contribution in [0.5, 0.6) is 0 Å². The molecule has 132 valence electrons. The number of hydrogen-bond donors (Lipinski definition) is 2. The van der Waals surface area contributed by atoms with Gasteiger partial charge in [0.1, 0.15) is 0 Å². The molecule has 0 amide bonds. The first-order valence-electron chi connectivity index (χ1n) is 8.45. The Morgan fingerprint density at radius 2 is 2.13 bits per heavy atom. The second-order valence-electron chi connectivity index (χ2n) is 6.82. The van der Waals surface area contributed by atoms with Gasteiger partial charge in [0.15, 0.2) is 5.96 Å². The smallest absolute Gasteiger partial charge is 0.191 e. The molecule has 0 spiro atoms. The summed E-state index contributed by atoms with van der Waals surface area (Å²) in [5, 5.41) is 10.2. The first kappa shape index (κ1) is 20.7. The number of halogens is 1. The molecule has 2 N–H and O–H groups in total. The van der Waals surface area contributed by atoms with Gasteiger partial charge in [-0.3, -0.25) is 4.99 Å². The largest absolute Gasteiger partial charge is 0.356 e. The molecule has 2 rings (SSSR count). The van der Waals surface area contributed by atoms with Crippen LogP contribution in [0.25, 0.3) is 0 Å². The van der Waals surface area contributed by atoms with Crippen molar-refractivity contribution in [3.63, 3.8) is 0 Å². The van der Waals surface area contributed by atoms with E-state index in [1.807, 2.05) is 7.05 Å². The van der Waals surface area contributed by atoms with Gasteiger partial charge in [-0.2, -0.15) is 0 Å². The fraction of sp³-hybridized carbons (Fsp3) is 0.765. The van der Waals surface area contributed by atoms with E-state index in [4.69, 9.17) is 0 Å². The lowest BCUT2D eigenvalue weighted by Gasteiger charge is -2.43. The summed E-state index contributed by atoms with van der Waals surface area (Å²) in [6.07, 6.45) is 6.39. The quantitative estimate of drug-likeness (QED) is 0.372. The van der Waals surface area contributed by atoms with Gasteiger partial charge in [0.25, 0.3) is 0 Å². The van der Waals surface area contributed by atoms with E-state index in [2.05, 4.69) is 46.8 Å². The third-order valence-corrected chi connectivity index (χ3v) is 5.49. The van der Waals surface area contributed by atoms with E-state index in [0.29, 0.717) is 5.41 Å². The first-order valence-corrected chi connectivity index (χ1v) is 9.32. The number of aliphatic imine (C=N–C) groups is 1. The van der Waals surface area contributed by atoms with Crippen LogP contribution in [0.2, 0.25) is 0 Å². The Balaban J connectivity index is 0.00000264. The lowest BCUT2D eigenvalue weighted by molar-refractivity contribution is 0.104. The maximum absolute atomic E-state index is 4.58. The minimum absolute atomic E-state index is 0. The highest BCUT2D eigenvalue weighted by Gasteiger charge is 2.37. The maximum Gasteiger partial charge on any atom is 0.191 e. The van der Waals surface area contributed by atoms with Gasteiger partial charge in [-0.25, -0.2) is 4.98 Å². The molecule has 0 unspecified atom stereocenters. The Morgan fingerprint density at radius 1 is 1.39 bits per heavy atom. The summed E-state index contributed by atoms with van der Waals surface area (Å²) in [5.74, 6) is 1.65. The molecule has 1 aliphatic carbocycles. The van der Waals surface area contributed by atoms with Gasteiger partial charge >= 0.3 is 0 Å². The van der Waals surface area contributed by atoms with Gasteiger partial charge in [-0.05, 0) is 37.0 Å². The molecule has 0 aromatic carbocycles. The van der Waals surface area contributed by atoms with Crippen LogP contribution >= 0.6 is 35.3 Å². The number of thiazole rings is 1. The topological polar surface area (TPSA) is 49.3 Å². The van der Waals surface area contributed by atoms with Crippen molar-refractivity contribution in [3.05, 3.63) is 16.1 Å². The van der Waals surface area contributed by atoms with Crippen LogP contribution in [0.3, 0.4) is 0 Å². The molecule has 4 nitrogen and oxygen atoms in total. The van der Waals surface area contributed by atoms with Crippen molar-refractivity contribution in [1.29, 1.82) is 0 Å². The molecule has 0 bridgehead atoms. The Morgan fingerprint density at radius 3 is 2.61 bits per heavy atom. The van der Waals surface area contributed by atoms with Crippen molar-refractivity contribution in [2.45, 2.75) is 59.4 Å². The third-order valence-electron chi connectivity index (χ3n) is 4.45. The summed E-state index contributed by atoms with van der Waals surface area (Å²) >= 11 is 1.73. The Labute approximate surface area is 162 Å². The van der Waals surface area contributed by atoms with E-state index in [1.165, 1.54) is 30.7 Å². The highest BCUT2D eigenvalue weighted by Crippen LogP contribution is 2.45. The monoisotopic (exact) mass is 450 g/mol. The van der Waals surface area contributed by atoms with Gasteiger partial charge < -0.3 is 10.6 Å². The van der Waals surface area contributed by atoms with E-state index in [-0.39, 0.29) is 24.0 Å². The van der Waals surface area contributed by atoms with Crippen molar-refractivity contribution in [2.24, 2.45) is 16.3 Å². The molecule has 1 aromatic rings. The van der Waals surface area contributed by atoms with Crippen molar-refractivity contribution in [2.75, 3.05) is 13.6 Å². The van der Waals surface area contributed by atoms with Crippen molar-refractivity contribution in [3.8, 4) is 0 Å². The molecule has 1 aromatic heterocycles. The molecular weight excluding hydrogens is 419 g/mol. The Bertz CT molecular complexity index is 495. The van der Waals surface area contributed by atoms with E-state index in [0.717, 1.165) is 37.1 Å². The predicted octanol–water partition coefficient (Wildman–Crippen LogP) is 4.20. The Hall–Kier alpha value is -0.370. The van der Waals surface area contributed by atoms with Crippen LogP contribution in [0, 0.1) is 11.3 Å². The van der Waals surface area contributed by atoms with Gasteiger partial charge in [-0.1, -0.05) is 27.2 Å². The van der Waals surface area contributed by atoms with Gasteiger partial charge in [0, 0.05) is 19.0 Å². The van der Waals surface area contributed by atoms with E-state index in [9.17, 15) is 0 Å². The minimum Gasteiger partial charge on any atom is -0.356 e. The molecule has 1 aliphatic rings. The molecule has 0 radical (unpaired) electrons. The van der Waals surface area contributed by atoms with Crippen LogP contribution in [0.4, 0.5) is 0 Å². The number of aryl methyl sites for hydroxylation is 1. The van der Waals surface area contributed by atoms with Gasteiger partial charge in [-0.15, -0.1) is 35.3 Å². The zero-order chi connectivity index (χ0) is 16.0. The van der Waals surface area contributed by atoms with Gasteiger partial charge in [0.05, 0.1) is 17.2 Å². The molecule has 0 atom stereocenters. The summed E-state index contributed by atoms with van der Waals surface area (Å²) in [5.41, 5.74) is 1.59. The summed E-state index contributed by atoms with van der Waals surface area (Å²) in [4.78, 5) is 8.92. The standard InChI is InChI=1S/C17H30N4S.HI/c1-5-15-21-14(11-22-15)10-19-16(18-4)20-12-17(7-6-8-17)9-13(2)3;/h11,13H,5-10,12H2,1-4H3,(H2,18,19,20);1H. The SMILES string of the molecule is CCc1nc(CNC(=NC)NCC2(CC(C)C)CCC2)cs1.I. The van der Waals surface area contributed by atoms with E-state index < -0.39 is 0 Å². The van der Waals surface area contributed by atoms with Crippen LogP contribution in [-0.2, 0) is 13.0 Å². The fourth-order valence-corrected chi connectivity index (χ4v) is 4.00. The van der Waals surface area contributed by atoms with Gasteiger partial charge in [0.2, 0.25) is 0 Å². The molecule has 0 saturated heterocycles. The summed E-state index contributed by atoms with van der Waals surface area (Å²) in [6, 6.07) is 0. The number of aromatic nitrogens is 1. The summed E-state index contributed by atoms with van der Waals surface area (Å²) < 4.78 is 0. The number of nitrogens with one attached hydrogen (secondary N) is 2. The molecule has 1 heterocycles. The normalized spacial score (nSPS) is 16.7. The van der Waals surface area contributed by atoms with E-state index in [1.54, 1.807) is 11.3 Å². The van der Waals surface area contributed by atoms with E-state index >= 15 is 0 Å². The lowest BCUT2D eigenvalue weighted by atomic mass is 9.64. The zero-order valence-electron chi connectivity index (χ0n) is 14.8. The lowest BCUT2D eigenvalue weighted by Crippen LogP contribution is -2.46. The van der Waals surface area contributed by atoms with Crippen LogP contribution in [-0.4, -0.2) is 24.5 Å². The number of hydrogen-bond acceptors (Lipinski definition) is 3. The zero-order valence-corrected chi connectivity index (χ0v) is 18.0. The second kappa shape index (κ2) is 9.81. The van der Waals surface area contributed by atoms with Crippen LogP contribution in [0.15, 0.2) is 10.4 Å². The fourth-order valence-electron chi connectivity index (χ4n) is 3.25. The third kappa shape index (κ3) is 6.21. The molecule has 0 aliphatic heterocycles. The molecule has 23 heavy (non-hydrogen) atoms. The molecular formula is C17H31IN4S. The summed E-state index contributed by atoms with van der Waals surface area (Å²) in [6.45, 7) is 8.56. The average molecular weight is 450 g/mol. The highest BCUT2D eigenvalue weighted by atomic mass is 127. The van der Waals surface area contributed by atoms with Crippen molar-refractivity contribution in [1.82, 2.24) is 15.6 Å². The molecule has 1 fully saturated rings.